The number of aromatic nitrogens is 3. The van der Waals surface area contributed by atoms with E-state index in [0.29, 0.717) is 16.2 Å². The van der Waals surface area contributed by atoms with Crippen LogP contribution in [0.5, 0.6) is 0 Å². The number of imidazole rings is 1. The second-order valence-electron chi connectivity index (χ2n) is 8.09. The molecule has 0 saturated carbocycles. The first-order valence-corrected chi connectivity index (χ1v) is 13.1. The van der Waals surface area contributed by atoms with Crippen molar-refractivity contribution in [1.29, 1.82) is 0 Å². The van der Waals surface area contributed by atoms with Gasteiger partial charge in [0.25, 0.3) is 10.0 Å². The number of benzene rings is 2. The van der Waals surface area contributed by atoms with Gasteiger partial charge in [0.15, 0.2) is 10.3 Å². The molecule has 0 aliphatic carbocycles. The van der Waals surface area contributed by atoms with Gasteiger partial charge in [-0.05, 0) is 24.3 Å². The Kier molecular flexibility index (Phi) is 6.11. The number of thioether (sulfide) groups is 1. The number of thiazole rings is 1. The lowest BCUT2D eigenvalue weighted by molar-refractivity contribution is -0.113. The van der Waals surface area contributed by atoms with Gasteiger partial charge in [0.2, 0.25) is 5.91 Å². The second kappa shape index (κ2) is 8.68. The number of hydrogen-bond acceptors (Lipinski definition) is 7. The summed E-state index contributed by atoms with van der Waals surface area (Å²) in [4.78, 5) is 21.6. The molecule has 0 aliphatic heterocycles. The molecule has 0 aliphatic rings. The third-order valence-electron chi connectivity index (χ3n) is 4.62. The number of rotatable bonds is 6. The fraction of sp³-hybridized carbons (Fsp3) is 0.227. The Morgan fingerprint density at radius 2 is 1.75 bits per heavy atom. The molecule has 0 saturated heterocycles. The van der Waals surface area contributed by atoms with E-state index in [1.54, 1.807) is 54.6 Å². The zero-order valence-corrected chi connectivity index (χ0v) is 20.2. The number of anilines is 1. The standard InChI is InChI=1S/C22H22N4O3S3/c1-22(2,3)18-13-30-20(24-18)25-19(27)14-31-21-23-16-11-7-8-12-17(16)26(21)32(28,29)15-9-5-4-6-10-15/h4-13H,14H2,1-3H3,(H,24,25,27). The molecule has 2 heterocycles. The SMILES string of the molecule is CC(C)(C)c1csc(NC(=O)CSc2nc3ccccc3n2S(=O)(=O)c2ccccc2)n1. The van der Waals surface area contributed by atoms with Crippen molar-refractivity contribution in [3.63, 3.8) is 0 Å². The van der Waals surface area contributed by atoms with E-state index < -0.39 is 10.0 Å². The number of para-hydroxylation sites is 2. The highest BCUT2D eigenvalue weighted by atomic mass is 32.2. The molecule has 2 aromatic carbocycles. The topological polar surface area (TPSA) is 94.0 Å². The van der Waals surface area contributed by atoms with Gasteiger partial charge in [-0.1, -0.05) is 62.9 Å². The number of carbonyl (C=O) groups is 1. The fourth-order valence-corrected chi connectivity index (χ4v) is 6.45. The molecule has 1 amide bonds. The van der Waals surface area contributed by atoms with Crippen LogP contribution in [0.3, 0.4) is 0 Å². The quantitative estimate of drug-likeness (QED) is 0.395. The molecule has 166 valence electrons. The Balaban J connectivity index is 1.59. The van der Waals surface area contributed by atoms with Crippen molar-refractivity contribution in [1.82, 2.24) is 13.9 Å². The highest BCUT2D eigenvalue weighted by molar-refractivity contribution is 8.00. The third kappa shape index (κ3) is 4.57. The molecular weight excluding hydrogens is 464 g/mol. The van der Waals surface area contributed by atoms with E-state index >= 15 is 0 Å². The summed E-state index contributed by atoms with van der Waals surface area (Å²) in [5.74, 6) is -0.279. The van der Waals surface area contributed by atoms with Gasteiger partial charge in [0, 0.05) is 10.8 Å². The summed E-state index contributed by atoms with van der Waals surface area (Å²) >= 11 is 2.44. The summed E-state index contributed by atoms with van der Waals surface area (Å²) < 4.78 is 27.9. The van der Waals surface area contributed by atoms with Crippen molar-refractivity contribution in [3.05, 3.63) is 65.7 Å². The molecule has 1 N–H and O–H groups in total. The Morgan fingerprint density at radius 1 is 1.06 bits per heavy atom. The van der Waals surface area contributed by atoms with Crippen molar-refractivity contribution in [2.24, 2.45) is 0 Å². The van der Waals surface area contributed by atoms with Crippen molar-refractivity contribution < 1.29 is 13.2 Å². The number of nitrogens with one attached hydrogen (secondary N) is 1. The molecule has 10 heteroatoms. The van der Waals surface area contributed by atoms with E-state index in [0.717, 1.165) is 17.5 Å². The molecular formula is C22H22N4O3S3. The van der Waals surface area contributed by atoms with Crippen LogP contribution in [0.4, 0.5) is 5.13 Å². The molecule has 4 aromatic rings. The first-order chi connectivity index (χ1) is 15.2. The van der Waals surface area contributed by atoms with E-state index in [1.807, 2.05) is 5.38 Å². The van der Waals surface area contributed by atoms with Crippen molar-refractivity contribution in [3.8, 4) is 0 Å². The molecule has 7 nitrogen and oxygen atoms in total. The molecule has 0 unspecified atom stereocenters. The van der Waals surface area contributed by atoms with Gasteiger partial charge in [-0.2, -0.15) is 0 Å². The summed E-state index contributed by atoms with van der Waals surface area (Å²) in [6.07, 6.45) is 0. The van der Waals surface area contributed by atoms with Gasteiger partial charge in [0.05, 0.1) is 27.4 Å². The minimum atomic E-state index is -3.88. The number of carbonyl (C=O) groups excluding carboxylic acids is 1. The van der Waals surface area contributed by atoms with E-state index in [2.05, 4.69) is 36.1 Å². The summed E-state index contributed by atoms with van der Waals surface area (Å²) in [6.45, 7) is 6.17. The fourth-order valence-electron chi connectivity index (χ4n) is 2.96. The van der Waals surface area contributed by atoms with Gasteiger partial charge in [-0.15, -0.1) is 11.3 Å². The molecule has 0 bridgehead atoms. The lowest BCUT2D eigenvalue weighted by Crippen LogP contribution is -2.17. The highest BCUT2D eigenvalue weighted by Crippen LogP contribution is 2.30. The van der Waals surface area contributed by atoms with Crippen LogP contribution in [0.15, 0.2) is 70.0 Å². The number of amides is 1. The van der Waals surface area contributed by atoms with Crippen LogP contribution >= 0.6 is 23.1 Å². The van der Waals surface area contributed by atoms with E-state index in [-0.39, 0.29) is 27.1 Å². The Hall–Kier alpha value is -2.69. The Labute approximate surface area is 195 Å². The number of fused-ring (bicyclic) bond motifs is 1. The van der Waals surface area contributed by atoms with Gasteiger partial charge >= 0.3 is 0 Å². The maximum Gasteiger partial charge on any atom is 0.270 e. The van der Waals surface area contributed by atoms with Crippen LogP contribution in [-0.4, -0.2) is 34.0 Å². The van der Waals surface area contributed by atoms with Crippen molar-refractivity contribution >= 4 is 55.2 Å². The molecule has 0 atom stereocenters. The molecule has 0 fully saturated rings. The van der Waals surface area contributed by atoms with Crippen LogP contribution in [0.25, 0.3) is 11.0 Å². The lowest BCUT2D eigenvalue weighted by atomic mass is 9.93. The van der Waals surface area contributed by atoms with E-state index in [4.69, 9.17) is 0 Å². The maximum atomic E-state index is 13.4. The third-order valence-corrected chi connectivity index (χ3v) is 8.15. The monoisotopic (exact) mass is 486 g/mol. The number of hydrogen-bond donors (Lipinski definition) is 1. The predicted molar refractivity (Wildman–Crippen MR) is 129 cm³/mol. The Bertz CT molecular complexity index is 1370. The summed E-state index contributed by atoms with van der Waals surface area (Å²) in [7, 11) is -3.88. The Morgan fingerprint density at radius 3 is 2.44 bits per heavy atom. The highest BCUT2D eigenvalue weighted by Gasteiger charge is 2.25. The van der Waals surface area contributed by atoms with Gasteiger partial charge in [-0.25, -0.2) is 22.4 Å². The first kappa shape index (κ1) is 22.5. The predicted octanol–water partition coefficient (Wildman–Crippen LogP) is 4.76. The zero-order valence-electron chi connectivity index (χ0n) is 17.8. The van der Waals surface area contributed by atoms with Crippen LogP contribution in [-0.2, 0) is 20.2 Å². The average molecular weight is 487 g/mol. The van der Waals surface area contributed by atoms with Gasteiger partial charge in [0.1, 0.15) is 0 Å². The molecule has 32 heavy (non-hydrogen) atoms. The summed E-state index contributed by atoms with van der Waals surface area (Å²) in [6, 6.07) is 15.2. The maximum absolute atomic E-state index is 13.4. The molecule has 0 radical (unpaired) electrons. The van der Waals surface area contributed by atoms with Crippen LogP contribution in [0, 0.1) is 0 Å². The smallest absolute Gasteiger partial charge is 0.270 e. The van der Waals surface area contributed by atoms with Crippen LogP contribution in [0.1, 0.15) is 26.5 Å². The minimum Gasteiger partial charge on any atom is -0.301 e. The lowest BCUT2D eigenvalue weighted by Gasteiger charge is -2.14. The molecule has 0 spiro atoms. The first-order valence-electron chi connectivity index (χ1n) is 9.83. The minimum absolute atomic E-state index is 0.00192. The zero-order chi connectivity index (χ0) is 22.9. The summed E-state index contributed by atoms with van der Waals surface area (Å²) in [5.41, 5.74) is 1.81. The average Bonchev–Trinajstić information content (AvgIpc) is 3.37. The van der Waals surface area contributed by atoms with Crippen molar-refractivity contribution in [2.75, 3.05) is 11.1 Å². The van der Waals surface area contributed by atoms with Gasteiger partial charge < -0.3 is 5.32 Å². The van der Waals surface area contributed by atoms with Crippen molar-refractivity contribution in [2.45, 2.75) is 36.2 Å². The summed E-state index contributed by atoms with van der Waals surface area (Å²) in [5, 5.41) is 5.47. The van der Waals surface area contributed by atoms with E-state index in [1.165, 1.54) is 15.3 Å². The molecule has 4 rings (SSSR count). The number of nitrogens with zero attached hydrogens (tertiary/aromatic N) is 3. The van der Waals surface area contributed by atoms with Gasteiger partial charge in [-0.3, -0.25) is 4.79 Å². The van der Waals surface area contributed by atoms with Crippen LogP contribution < -0.4 is 5.32 Å². The largest absolute Gasteiger partial charge is 0.301 e. The van der Waals surface area contributed by atoms with Crippen LogP contribution in [0.2, 0.25) is 0 Å². The van der Waals surface area contributed by atoms with E-state index in [9.17, 15) is 13.2 Å². The molecule has 2 aromatic heterocycles. The second-order valence-corrected chi connectivity index (χ2v) is 11.7. The normalized spacial score (nSPS) is 12.2.